The van der Waals surface area contributed by atoms with E-state index in [-0.39, 0.29) is 6.61 Å². The zero-order valence-electron chi connectivity index (χ0n) is 9.47. The smallest absolute Gasteiger partial charge is 0.232 e. The monoisotopic (exact) mass is 210 g/mol. The van der Waals surface area contributed by atoms with Gasteiger partial charge in [-0.05, 0) is 12.3 Å². The van der Waals surface area contributed by atoms with Crippen LogP contribution in [0.2, 0.25) is 0 Å². The van der Waals surface area contributed by atoms with Gasteiger partial charge in [-0.15, -0.1) is 0 Å². The molecule has 1 aromatic heterocycles. The Hall–Kier alpha value is -1.16. The Morgan fingerprint density at radius 2 is 2.13 bits per heavy atom. The lowest BCUT2D eigenvalue weighted by atomic mass is 10.1. The summed E-state index contributed by atoms with van der Waals surface area (Å²) in [7, 11) is 0. The molecule has 84 valence electrons. The second-order valence-electron chi connectivity index (χ2n) is 3.81. The molecular weight excluding hydrogens is 192 g/mol. The lowest BCUT2D eigenvalue weighted by molar-refractivity contribution is 0.101. The number of aliphatic hydroxyl groups is 1. The topological polar surface area (TPSA) is 55.2 Å². The van der Waals surface area contributed by atoms with E-state index in [9.17, 15) is 5.11 Å². The molecule has 0 aliphatic rings. The molecule has 1 N–H and O–H groups in total. The van der Waals surface area contributed by atoms with Crippen molar-refractivity contribution >= 4 is 0 Å². The molecule has 4 nitrogen and oxygen atoms in total. The van der Waals surface area contributed by atoms with Crippen molar-refractivity contribution in [3.8, 4) is 5.88 Å². The first kappa shape index (κ1) is 11.9. The second kappa shape index (κ2) is 5.66. The van der Waals surface area contributed by atoms with Gasteiger partial charge in [0.2, 0.25) is 5.88 Å². The van der Waals surface area contributed by atoms with E-state index in [4.69, 9.17) is 4.74 Å². The summed E-state index contributed by atoms with van der Waals surface area (Å²) in [4.78, 5) is 8.32. The molecule has 0 amide bonds. The van der Waals surface area contributed by atoms with E-state index < -0.39 is 6.10 Å². The first-order valence-corrected chi connectivity index (χ1v) is 5.26. The highest BCUT2D eigenvalue weighted by Crippen LogP contribution is 2.13. The molecule has 1 aromatic rings. The van der Waals surface area contributed by atoms with Crippen LogP contribution < -0.4 is 4.74 Å². The zero-order chi connectivity index (χ0) is 11.3. The van der Waals surface area contributed by atoms with Gasteiger partial charge in [-0.3, -0.25) is 4.98 Å². The van der Waals surface area contributed by atoms with Gasteiger partial charge in [0.1, 0.15) is 6.61 Å². The van der Waals surface area contributed by atoms with Crippen LogP contribution in [0.15, 0.2) is 12.4 Å². The Morgan fingerprint density at radius 3 is 2.73 bits per heavy atom. The van der Waals surface area contributed by atoms with Crippen LogP contribution in [0.25, 0.3) is 0 Å². The van der Waals surface area contributed by atoms with E-state index in [1.807, 2.05) is 6.92 Å². The van der Waals surface area contributed by atoms with Crippen molar-refractivity contribution in [3.63, 3.8) is 0 Å². The molecule has 1 atom stereocenters. The van der Waals surface area contributed by atoms with Gasteiger partial charge in [0.15, 0.2) is 0 Å². The quantitative estimate of drug-likeness (QED) is 0.804. The maximum atomic E-state index is 9.32. The zero-order valence-corrected chi connectivity index (χ0v) is 9.47. The standard InChI is InChI=1S/C11H18N2O2/c1-4-9(14)7-15-11-6-12-5-10(13-11)8(2)3/h5-6,8-9,14H,4,7H2,1-3H3. The molecule has 0 spiro atoms. The third-order valence-corrected chi connectivity index (χ3v) is 2.12. The summed E-state index contributed by atoms with van der Waals surface area (Å²) in [6.45, 7) is 6.28. The molecule has 1 heterocycles. The Balaban J connectivity index is 2.58. The Labute approximate surface area is 90.3 Å². The minimum absolute atomic E-state index is 0.271. The SMILES string of the molecule is CCC(O)COc1cncc(C(C)C)n1. The molecule has 15 heavy (non-hydrogen) atoms. The number of hydrogen-bond donors (Lipinski definition) is 1. The number of nitrogens with zero attached hydrogens (tertiary/aromatic N) is 2. The number of rotatable bonds is 5. The van der Waals surface area contributed by atoms with Crippen LogP contribution >= 0.6 is 0 Å². The van der Waals surface area contributed by atoms with Crippen LogP contribution in [0.1, 0.15) is 38.8 Å². The minimum atomic E-state index is -0.436. The molecule has 0 saturated carbocycles. The molecule has 0 aliphatic carbocycles. The van der Waals surface area contributed by atoms with E-state index in [0.29, 0.717) is 18.2 Å². The summed E-state index contributed by atoms with van der Waals surface area (Å²) in [6.07, 6.45) is 3.54. The van der Waals surface area contributed by atoms with Crippen molar-refractivity contribution in [2.75, 3.05) is 6.61 Å². The Bertz CT molecular complexity index is 302. The molecule has 0 saturated heterocycles. The summed E-state index contributed by atoms with van der Waals surface area (Å²) in [6, 6.07) is 0. The van der Waals surface area contributed by atoms with Gasteiger partial charge in [-0.2, -0.15) is 0 Å². The van der Waals surface area contributed by atoms with E-state index in [1.165, 1.54) is 0 Å². The number of aromatic nitrogens is 2. The van der Waals surface area contributed by atoms with Crippen LogP contribution in [0.3, 0.4) is 0 Å². The first-order chi connectivity index (χ1) is 7.13. The third kappa shape index (κ3) is 3.83. The average Bonchev–Trinajstić information content (AvgIpc) is 2.26. The molecule has 1 unspecified atom stereocenters. The van der Waals surface area contributed by atoms with E-state index in [2.05, 4.69) is 23.8 Å². The van der Waals surface area contributed by atoms with E-state index in [1.54, 1.807) is 12.4 Å². The van der Waals surface area contributed by atoms with Gasteiger partial charge in [0.25, 0.3) is 0 Å². The van der Waals surface area contributed by atoms with Crippen molar-refractivity contribution in [2.24, 2.45) is 0 Å². The molecule has 0 fully saturated rings. The van der Waals surface area contributed by atoms with Gasteiger partial charge in [0, 0.05) is 6.20 Å². The fraction of sp³-hybridized carbons (Fsp3) is 0.636. The molecule has 0 bridgehead atoms. The maximum Gasteiger partial charge on any atom is 0.232 e. The van der Waals surface area contributed by atoms with Gasteiger partial charge >= 0.3 is 0 Å². The number of ether oxygens (including phenoxy) is 1. The number of hydrogen-bond acceptors (Lipinski definition) is 4. The summed E-state index contributed by atoms with van der Waals surface area (Å²) in [5.41, 5.74) is 0.901. The lowest BCUT2D eigenvalue weighted by Gasteiger charge is -2.10. The van der Waals surface area contributed by atoms with Crippen molar-refractivity contribution in [1.29, 1.82) is 0 Å². The molecule has 0 aliphatic heterocycles. The fourth-order valence-corrected chi connectivity index (χ4v) is 1.01. The highest BCUT2D eigenvalue weighted by molar-refractivity contribution is 5.10. The highest BCUT2D eigenvalue weighted by atomic mass is 16.5. The molecule has 0 aromatic carbocycles. The number of aliphatic hydroxyl groups excluding tert-OH is 1. The van der Waals surface area contributed by atoms with Crippen LogP contribution in [0.4, 0.5) is 0 Å². The van der Waals surface area contributed by atoms with Gasteiger partial charge in [-0.25, -0.2) is 4.98 Å². The van der Waals surface area contributed by atoms with Crippen LogP contribution in [-0.4, -0.2) is 27.8 Å². The summed E-state index contributed by atoms with van der Waals surface area (Å²) in [5.74, 6) is 0.811. The van der Waals surface area contributed by atoms with Gasteiger partial charge in [0.05, 0.1) is 18.0 Å². The van der Waals surface area contributed by atoms with Crippen molar-refractivity contribution in [3.05, 3.63) is 18.1 Å². The van der Waals surface area contributed by atoms with Crippen molar-refractivity contribution < 1.29 is 9.84 Å². The van der Waals surface area contributed by atoms with Crippen LogP contribution in [0.5, 0.6) is 5.88 Å². The Morgan fingerprint density at radius 1 is 1.40 bits per heavy atom. The summed E-state index contributed by atoms with van der Waals surface area (Å²) >= 11 is 0. The molecule has 4 heteroatoms. The van der Waals surface area contributed by atoms with E-state index >= 15 is 0 Å². The molecule has 0 radical (unpaired) electrons. The van der Waals surface area contributed by atoms with E-state index in [0.717, 1.165) is 5.69 Å². The largest absolute Gasteiger partial charge is 0.474 e. The summed E-state index contributed by atoms with van der Waals surface area (Å²) in [5, 5.41) is 9.32. The molecule has 1 rings (SSSR count). The molecular formula is C11H18N2O2. The van der Waals surface area contributed by atoms with Gasteiger partial charge in [-0.1, -0.05) is 20.8 Å². The van der Waals surface area contributed by atoms with Crippen molar-refractivity contribution in [2.45, 2.75) is 39.2 Å². The normalized spacial score (nSPS) is 12.9. The van der Waals surface area contributed by atoms with Crippen molar-refractivity contribution in [1.82, 2.24) is 9.97 Å². The Kier molecular flexibility index (Phi) is 4.49. The van der Waals surface area contributed by atoms with Gasteiger partial charge < -0.3 is 9.84 Å². The maximum absolute atomic E-state index is 9.32. The predicted octanol–water partition coefficient (Wildman–Crippen LogP) is 1.75. The predicted molar refractivity (Wildman–Crippen MR) is 57.9 cm³/mol. The minimum Gasteiger partial charge on any atom is -0.474 e. The van der Waals surface area contributed by atoms with Crippen LogP contribution in [-0.2, 0) is 0 Å². The summed E-state index contributed by atoms with van der Waals surface area (Å²) < 4.78 is 5.33. The first-order valence-electron chi connectivity index (χ1n) is 5.26. The second-order valence-corrected chi connectivity index (χ2v) is 3.81. The lowest BCUT2D eigenvalue weighted by Crippen LogP contribution is -2.16. The van der Waals surface area contributed by atoms with Crippen LogP contribution in [0, 0.1) is 0 Å². The average molecular weight is 210 g/mol. The highest BCUT2D eigenvalue weighted by Gasteiger charge is 2.06. The third-order valence-electron chi connectivity index (χ3n) is 2.12. The fourth-order valence-electron chi connectivity index (χ4n) is 1.01.